The Kier molecular flexibility index (Phi) is 9.12. The third-order valence-corrected chi connectivity index (χ3v) is 3.72. The maximum absolute atomic E-state index is 4.61. The number of aromatic nitrogens is 3. The summed E-state index contributed by atoms with van der Waals surface area (Å²) in [5, 5.41) is 15.0. The molecule has 0 amide bonds. The van der Waals surface area contributed by atoms with Crippen LogP contribution in [0.15, 0.2) is 23.5 Å². The lowest BCUT2D eigenvalue weighted by Crippen LogP contribution is -2.43. The summed E-state index contributed by atoms with van der Waals surface area (Å²) >= 11 is 0. The largest absolute Gasteiger partial charge is 0.355 e. The van der Waals surface area contributed by atoms with Crippen molar-refractivity contribution in [2.75, 3.05) is 13.1 Å². The zero-order valence-electron chi connectivity index (χ0n) is 16.0. The fourth-order valence-corrected chi connectivity index (χ4v) is 2.29. The molecule has 0 aromatic carbocycles. The first-order valence-corrected chi connectivity index (χ1v) is 8.98. The normalized spacial score (nSPS) is 13.2. The fourth-order valence-electron chi connectivity index (χ4n) is 2.29. The van der Waals surface area contributed by atoms with Crippen LogP contribution >= 0.6 is 0 Å². The molecule has 0 radical (unpaired) electrons. The quantitative estimate of drug-likeness (QED) is 0.392. The van der Waals surface area contributed by atoms with Crippen LogP contribution in [0.3, 0.4) is 0 Å². The molecule has 1 unspecified atom stereocenters. The van der Waals surface area contributed by atoms with Gasteiger partial charge >= 0.3 is 0 Å². The smallest absolute Gasteiger partial charge is 0.191 e. The van der Waals surface area contributed by atoms with E-state index in [1.54, 1.807) is 6.33 Å². The number of aryl methyl sites for hydroxylation is 1. The zero-order valence-corrected chi connectivity index (χ0v) is 16.0. The number of hydrogen-bond acceptors (Lipinski definition) is 3. The van der Waals surface area contributed by atoms with E-state index < -0.39 is 0 Å². The molecular weight excluding hydrogens is 300 g/mol. The van der Waals surface area contributed by atoms with Gasteiger partial charge in [0.1, 0.15) is 12.2 Å². The van der Waals surface area contributed by atoms with Gasteiger partial charge in [-0.2, -0.15) is 0 Å². The van der Waals surface area contributed by atoms with Gasteiger partial charge in [0.25, 0.3) is 0 Å². The molecule has 1 aromatic rings. The number of nitrogens with one attached hydrogen (secondary N) is 2. The summed E-state index contributed by atoms with van der Waals surface area (Å²) in [5.41, 5.74) is 1.05. The monoisotopic (exact) mass is 334 g/mol. The highest BCUT2D eigenvalue weighted by molar-refractivity contribution is 5.80. The molecule has 0 aliphatic heterocycles. The molecule has 1 atom stereocenters. The van der Waals surface area contributed by atoms with Gasteiger partial charge in [0.15, 0.2) is 5.96 Å². The van der Waals surface area contributed by atoms with Gasteiger partial charge in [-0.15, -0.1) is 10.2 Å². The first-order chi connectivity index (χ1) is 11.4. The van der Waals surface area contributed by atoms with Crippen LogP contribution in [0.25, 0.3) is 0 Å². The van der Waals surface area contributed by atoms with E-state index in [2.05, 4.69) is 64.7 Å². The van der Waals surface area contributed by atoms with Gasteiger partial charge in [-0.25, -0.2) is 4.99 Å². The van der Waals surface area contributed by atoms with Crippen molar-refractivity contribution in [3.8, 4) is 0 Å². The minimum Gasteiger partial charge on any atom is -0.355 e. The number of rotatable bonds is 10. The number of nitrogens with zero attached hydrogens (tertiary/aromatic N) is 4. The van der Waals surface area contributed by atoms with Gasteiger partial charge in [0, 0.05) is 25.6 Å². The molecule has 6 nitrogen and oxygen atoms in total. The second-order valence-corrected chi connectivity index (χ2v) is 6.86. The summed E-state index contributed by atoms with van der Waals surface area (Å²) in [7, 11) is 0. The molecule has 0 fully saturated rings. The predicted molar refractivity (Wildman–Crippen MR) is 101 cm³/mol. The zero-order chi connectivity index (χ0) is 17.9. The second-order valence-electron chi connectivity index (χ2n) is 6.86. The molecule has 136 valence electrons. The number of guanidine groups is 1. The minimum absolute atomic E-state index is 0.393. The van der Waals surface area contributed by atoms with E-state index in [4.69, 9.17) is 0 Å². The topological polar surface area (TPSA) is 67.1 Å². The molecule has 0 saturated heterocycles. The van der Waals surface area contributed by atoms with E-state index >= 15 is 0 Å². The first-order valence-electron chi connectivity index (χ1n) is 8.98. The van der Waals surface area contributed by atoms with Crippen molar-refractivity contribution in [2.24, 2.45) is 10.9 Å². The van der Waals surface area contributed by atoms with Gasteiger partial charge in [-0.1, -0.05) is 32.9 Å². The third kappa shape index (κ3) is 8.13. The lowest BCUT2D eigenvalue weighted by atomic mass is 10.0. The van der Waals surface area contributed by atoms with Gasteiger partial charge in [0.2, 0.25) is 0 Å². The van der Waals surface area contributed by atoms with E-state index in [-0.39, 0.29) is 0 Å². The Morgan fingerprint density at radius 1 is 1.33 bits per heavy atom. The maximum atomic E-state index is 4.61. The summed E-state index contributed by atoms with van der Waals surface area (Å²) in [6.45, 7) is 17.0. The Bertz CT molecular complexity index is 517. The number of aliphatic imine (C=N–C) groups is 1. The van der Waals surface area contributed by atoms with Crippen molar-refractivity contribution in [3.05, 3.63) is 24.3 Å². The van der Waals surface area contributed by atoms with Gasteiger partial charge < -0.3 is 15.2 Å². The highest BCUT2D eigenvalue weighted by Crippen LogP contribution is 2.06. The summed E-state index contributed by atoms with van der Waals surface area (Å²) in [6.07, 6.45) is 5.02. The molecule has 0 saturated carbocycles. The van der Waals surface area contributed by atoms with Crippen LogP contribution in [0, 0.1) is 5.92 Å². The molecule has 0 bridgehead atoms. The van der Waals surface area contributed by atoms with Crippen LogP contribution in [0.4, 0.5) is 0 Å². The Labute approximate surface area is 146 Å². The molecule has 1 heterocycles. The van der Waals surface area contributed by atoms with Crippen molar-refractivity contribution in [1.82, 2.24) is 25.4 Å². The summed E-state index contributed by atoms with van der Waals surface area (Å²) in [4.78, 5) is 4.61. The average molecular weight is 335 g/mol. The SMILES string of the molecule is C=C(C)CN=C(NCCn1cnnc1CC)NC(C)CCC(C)C. The van der Waals surface area contributed by atoms with Crippen molar-refractivity contribution < 1.29 is 0 Å². The minimum atomic E-state index is 0.393. The summed E-state index contributed by atoms with van der Waals surface area (Å²) < 4.78 is 2.07. The Balaban J connectivity index is 2.52. The molecule has 0 aliphatic carbocycles. The van der Waals surface area contributed by atoms with Crippen LogP contribution in [0.2, 0.25) is 0 Å². The summed E-state index contributed by atoms with van der Waals surface area (Å²) in [5.74, 6) is 2.58. The Hall–Kier alpha value is -1.85. The number of hydrogen-bond donors (Lipinski definition) is 2. The Morgan fingerprint density at radius 2 is 2.08 bits per heavy atom. The van der Waals surface area contributed by atoms with Crippen molar-refractivity contribution in [1.29, 1.82) is 0 Å². The molecule has 2 N–H and O–H groups in total. The molecule has 0 spiro atoms. The molecular formula is C18H34N6. The van der Waals surface area contributed by atoms with Crippen LogP contribution in [-0.4, -0.2) is 39.9 Å². The van der Waals surface area contributed by atoms with Crippen LogP contribution in [0.1, 0.15) is 53.3 Å². The van der Waals surface area contributed by atoms with E-state index in [0.717, 1.165) is 49.2 Å². The van der Waals surface area contributed by atoms with E-state index in [1.165, 1.54) is 6.42 Å². The molecule has 0 aliphatic rings. The Morgan fingerprint density at radius 3 is 2.71 bits per heavy atom. The van der Waals surface area contributed by atoms with Crippen molar-refractivity contribution in [2.45, 2.75) is 66.5 Å². The van der Waals surface area contributed by atoms with E-state index in [9.17, 15) is 0 Å². The van der Waals surface area contributed by atoms with E-state index in [1.807, 2.05) is 6.92 Å². The molecule has 6 heteroatoms. The predicted octanol–water partition coefficient (Wildman–Crippen LogP) is 2.78. The van der Waals surface area contributed by atoms with Gasteiger partial charge in [0.05, 0.1) is 6.54 Å². The van der Waals surface area contributed by atoms with Crippen molar-refractivity contribution >= 4 is 5.96 Å². The highest BCUT2D eigenvalue weighted by atomic mass is 15.3. The molecule has 1 aromatic heterocycles. The van der Waals surface area contributed by atoms with Crippen molar-refractivity contribution in [3.63, 3.8) is 0 Å². The van der Waals surface area contributed by atoms with E-state index in [0.29, 0.717) is 12.6 Å². The van der Waals surface area contributed by atoms with Gasteiger partial charge in [-0.05, 0) is 32.6 Å². The molecule has 24 heavy (non-hydrogen) atoms. The lowest BCUT2D eigenvalue weighted by molar-refractivity contribution is 0.488. The standard InChI is InChI=1S/C18H34N6/c1-7-17-23-21-13-24(17)11-10-19-18(20-12-15(4)5)22-16(6)9-8-14(2)3/h13-14,16H,4,7-12H2,1-3,5-6H3,(H2,19,20,22). The maximum Gasteiger partial charge on any atom is 0.191 e. The highest BCUT2D eigenvalue weighted by Gasteiger charge is 2.07. The fraction of sp³-hybridized carbons (Fsp3) is 0.722. The van der Waals surface area contributed by atoms with Crippen LogP contribution in [0.5, 0.6) is 0 Å². The first kappa shape index (κ1) is 20.2. The van der Waals surface area contributed by atoms with Crippen LogP contribution in [-0.2, 0) is 13.0 Å². The van der Waals surface area contributed by atoms with Gasteiger partial charge in [-0.3, -0.25) is 0 Å². The average Bonchev–Trinajstić information content (AvgIpc) is 2.97. The van der Waals surface area contributed by atoms with Crippen LogP contribution < -0.4 is 10.6 Å². The third-order valence-electron chi connectivity index (χ3n) is 3.72. The molecule has 1 rings (SSSR count). The second kappa shape index (κ2) is 10.8. The lowest BCUT2D eigenvalue weighted by Gasteiger charge is -2.19. The summed E-state index contributed by atoms with van der Waals surface area (Å²) in [6, 6.07) is 0.393.